The van der Waals surface area contributed by atoms with Crippen LogP contribution in [0.2, 0.25) is 0 Å². The van der Waals surface area contributed by atoms with E-state index < -0.39 is 5.60 Å². The highest BCUT2D eigenvalue weighted by atomic mass is 16.3. The van der Waals surface area contributed by atoms with Gasteiger partial charge in [-0.2, -0.15) is 0 Å². The molecule has 0 aromatic carbocycles. The van der Waals surface area contributed by atoms with Crippen molar-refractivity contribution in [2.75, 3.05) is 6.54 Å². The maximum Gasteiger partial charge on any atom is 0.130 e. The van der Waals surface area contributed by atoms with Gasteiger partial charge in [-0.05, 0) is 6.92 Å². The first kappa shape index (κ1) is 8.58. The zero-order chi connectivity index (χ0) is 8.48. The number of terminal acetylenes is 1. The van der Waals surface area contributed by atoms with Gasteiger partial charge in [-0.25, -0.2) is 0 Å². The van der Waals surface area contributed by atoms with Gasteiger partial charge in [0.1, 0.15) is 5.60 Å². The van der Waals surface area contributed by atoms with E-state index in [0.29, 0.717) is 12.5 Å². The quantitative estimate of drug-likeness (QED) is 0.493. The van der Waals surface area contributed by atoms with Crippen molar-refractivity contribution in [3.05, 3.63) is 0 Å². The molecule has 2 nitrogen and oxygen atoms in total. The Morgan fingerprint density at radius 3 is 2.73 bits per heavy atom. The fraction of sp³-hybridized carbons (Fsp3) is 0.778. The lowest BCUT2D eigenvalue weighted by molar-refractivity contribution is 0.00776. The molecule has 62 valence electrons. The summed E-state index contributed by atoms with van der Waals surface area (Å²) in [5.41, 5.74) is -0.884. The van der Waals surface area contributed by atoms with Gasteiger partial charge < -0.3 is 10.4 Å². The third-order valence-corrected chi connectivity index (χ3v) is 2.46. The molecule has 0 bridgehead atoms. The van der Waals surface area contributed by atoms with E-state index >= 15 is 0 Å². The zero-order valence-electron chi connectivity index (χ0n) is 7.09. The maximum atomic E-state index is 9.84. The predicted molar refractivity (Wildman–Crippen MR) is 45.0 cm³/mol. The van der Waals surface area contributed by atoms with Gasteiger partial charge in [0.05, 0.1) is 0 Å². The molecule has 1 heterocycles. The summed E-state index contributed by atoms with van der Waals surface area (Å²) in [7, 11) is 0. The van der Waals surface area contributed by atoms with E-state index in [0.717, 1.165) is 6.54 Å². The Kier molecular flexibility index (Phi) is 2.22. The summed E-state index contributed by atoms with van der Waals surface area (Å²) in [4.78, 5) is 0. The monoisotopic (exact) mass is 153 g/mol. The van der Waals surface area contributed by atoms with Crippen LogP contribution in [-0.4, -0.2) is 23.3 Å². The van der Waals surface area contributed by atoms with Gasteiger partial charge in [0, 0.05) is 24.9 Å². The molecule has 0 saturated carbocycles. The van der Waals surface area contributed by atoms with Crippen molar-refractivity contribution < 1.29 is 5.11 Å². The summed E-state index contributed by atoms with van der Waals surface area (Å²) in [5, 5.41) is 13.1. The van der Waals surface area contributed by atoms with Gasteiger partial charge in [-0.15, -0.1) is 6.42 Å². The van der Waals surface area contributed by atoms with Crippen LogP contribution in [0.5, 0.6) is 0 Å². The Morgan fingerprint density at radius 1 is 1.64 bits per heavy atom. The van der Waals surface area contributed by atoms with Gasteiger partial charge in [0.2, 0.25) is 0 Å². The molecular formula is C9H15NO. The number of hydrogen-bond acceptors (Lipinski definition) is 2. The highest BCUT2D eigenvalue weighted by molar-refractivity contribution is 5.13. The Labute approximate surface area is 68.0 Å². The number of rotatable bonds is 0. The van der Waals surface area contributed by atoms with Crippen LogP contribution in [0, 0.1) is 18.3 Å². The normalized spacial score (nSPS) is 44.9. The molecule has 0 aromatic rings. The topological polar surface area (TPSA) is 32.3 Å². The average molecular weight is 153 g/mol. The van der Waals surface area contributed by atoms with Gasteiger partial charge in [-0.3, -0.25) is 0 Å². The van der Waals surface area contributed by atoms with Crippen molar-refractivity contribution in [1.29, 1.82) is 0 Å². The van der Waals surface area contributed by atoms with E-state index in [1.165, 1.54) is 0 Å². The molecule has 0 radical (unpaired) electrons. The summed E-state index contributed by atoms with van der Waals surface area (Å²) >= 11 is 0. The number of hydrogen-bond donors (Lipinski definition) is 2. The molecule has 1 aliphatic heterocycles. The van der Waals surface area contributed by atoms with Crippen molar-refractivity contribution in [1.82, 2.24) is 5.32 Å². The smallest absolute Gasteiger partial charge is 0.130 e. The van der Waals surface area contributed by atoms with Crippen LogP contribution in [0.1, 0.15) is 20.3 Å². The van der Waals surface area contributed by atoms with E-state index in [9.17, 15) is 5.11 Å². The van der Waals surface area contributed by atoms with Crippen molar-refractivity contribution in [2.24, 2.45) is 5.92 Å². The summed E-state index contributed by atoms with van der Waals surface area (Å²) in [5.74, 6) is 2.63. The van der Waals surface area contributed by atoms with E-state index in [4.69, 9.17) is 6.42 Å². The molecule has 2 heteroatoms. The molecule has 1 aliphatic rings. The minimum atomic E-state index is -0.884. The van der Waals surface area contributed by atoms with Crippen LogP contribution >= 0.6 is 0 Å². The summed E-state index contributed by atoms with van der Waals surface area (Å²) in [6.45, 7) is 4.81. The number of aliphatic hydroxyl groups is 1. The Balaban J connectivity index is 2.70. The van der Waals surface area contributed by atoms with Gasteiger partial charge in [-0.1, -0.05) is 12.8 Å². The lowest BCUT2D eigenvalue weighted by Gasteiger charge is -2.37. The van der Waals surface area contributed by atoms with Gasteiger partial charge in [0.25, 0.3) is 0 Å². The molecule has 1 fully saturated rings. The van der Waals surface area contributed by atoms with Crippen molar-refractivity contribution >= 4 is 0 Å². The van der Waals surface area contributed by atoms with Crippen LogP contribution in [0.15, 0.2) is 0 Å². The Morgan fingerprint density at radius 2 is 2.27 bits per heavy atom. The Bertz CT molecular complexity index is 184. The summed E-state index contributed by atoms with van der Waals surface area (Å²) in [6.07, 6.45) is 5.92. The van der Waals surface area contributed by atoms with Crippen molar-refractivity contribution in [3.8, 4) is 12.3 Å². The highest BCUT2D eigenvalue weighted by Crippen LogP contribution is 2.25. The third kappa shape index (κ3) is 1.55. The molecule has 3 atom stereocenters. The molecule has 1 rings (SSSR count). The molecule has 0 aliphatic carbocycles. The molecular weight excluding hydrogens is 138 g/mol. The first-order valence-electron chi connectivity index (χ1n) is 4.02. The summed E-state index contributed by atoms with van der Waals surface area (Å²) in [6, 6.07) is 0.326. The zero-order valence-corrected chi connectivity index (χ0v) is 7.09. The summed E-state index contributed by atoms with van der Waals surface area (Å²) < 4.78 is 0. The largest absolute Gasteiger partial charge is 0.377 e. The third-order valence-electron chi connectivity index (χ3n) is 2.46. The van der Waals surface area contributed by atoms with Crippen LogP contribution < -0.4 is 5.32 Å². The second-order valence-electron chi connectivity index (χ2n) is 3.48. The van der Waals surface area contributed by atoms with Crippen LogP contribution in [0.25, 0.3) is 0 Å². The highest BCUT2D eigenvalue weighted by Gasteiger charge is 2.36. The van der Waals surface area contributed by atoms with Crippen molar-refractivity contribution in [3.63, 3.8) is 0 Å². The number of nitrogens with one attached hydrogen (secondary N) is 1. The lowest BCUT2D eigenvalue weighted by Crippen LogP contribution is -2.52. The van der Waals surface area contributed by atoms with E-state index in [-0.39, 0.29) is 5.92 Å². The maximum absolute atomic E-state index is 9.84. The fourth-order valence-electron chi connectivity index (χ4n) is 1.49. The van der Waals surface area contributed by atoms with Crippen LogP contribution in [-0.2, 0) is 0 Å². The first-order valence-corrected chi connectivity index (χ1v) is 4.02. The molecule has 0 aromatic heterocycles. The van der Waals surface area contributed by atoms with E-state index in [1.807, 2.05) is 13.8 Å². The fourth-order valence-corrected chi connectivity index (χ4v) is 1.49. The molecule has 0 spiro atoms. The standard InChI is InChI=1S/C9H15NO/c1-4-9(11)5-8(3)10-6-7(9)2/h1,7-8,10-11H,5-6H2,2-3H3. The van der Waals surface area contributed by atoms with E-state index in [2.05, 4.69) is 11.2 Å². The van der Waals surface area contributed by atoms with Gasteiger partial charge in [0.15, 0.2) is 0 Å². The molecule has 11 heavy (non-hydrogen) atoms. The Hall–Kier alpha value is -0.520. The lowest BCUT2D eigenvalue weighted by atomic mass is 9.81. The van der Waals surface area contributed by atoms with Crippen LogP contribution in [0.3, 0.4) is 0 Å². The van der Waals surface area contributed by atoms with E-state index in [1.54, 1.807) is 0 Å². The second kappa shape index (κ2) is 2.84. The second-order valence-corrected chi connectivity index (χ2v) is 3.48. The first-order chi connectivity index (χ1) is 5.08. The minimum absolute atomic E-state index is 0.156. The molecule has 0 amide bonds. The molecule has 2 N–H and O–H groups in total. The average Bonchev–Trinajstić information content (AvgIpc) is 1.98. The molecule has 1 saturated heterocycles. The van der Waals surface area contributed by atoms with Crippen LogP contribution in [0.4, 0.5) is 0 Å². The van der Waals surface area contributed by atoms with Crippen molar-refractivity contribution in [2.45, 2.75) is 31.9 Å². The number of piperidine rings is 1. The predicted octanol–water partition coefficient (Wildman–Crippen LogP) is 0.369. The SMILES string of the molecule is C#CC1(O)CC(C)NCC1C. The molecule has 3 unspecified atom stereocenters. The minimum Gasteiger partial charge on any atom is -0.377 e. The van der Waals surface area contributed by atoms with Gasteiger partial charge >= 0.3 is 0 Å².